The van der Waals surface area contributed by atoms with Gasteiger partial charge in [0.1, 0.15) is 0 Å². The predicted molar refractivity (Wildman–Crippen MR) is 56.7 cm³/mol. The highest BCUT2D eigenvalue weighted by atomic mass is 35.5. The van der Waals surface area contributed by atoms with Crippen LogP contribution in [0.2, 0.25) is 5.02 Å². The quantitative estimate of drug-likeness (QED) is 0.704. The molecule has 3 heteroatoms. The summed E-state index contributed by atoms with van der Waals surface area (Å²) in [7, 11) is 0. The van der Waals surface area contributed by atoms with Gasteiger partial charge in [-0.05, 0) is 44.5 Å². The van der Waals surface area contributed by atoms with E-state index >= 15 is 0 Å². The monoisotopic (exact) mass is 212 g/mol. The Morgan fingerprint density at radius 2 is 2.00 bits per heavy atom. The van der Waals surface area contributed by atoms with E-state index in [0.29, 0.717) is 10.6 Å². The highest BCUT2D eigenvalue weighted by molar-refractivity contribution is 6.31. The Bertz CT molecular complexity index is 325. The van der Waals surface area contributed by atoms with Gasteiger partial charge in [-0.15, -0.1) is 0 Å². The topological polar surface area (TPSA) is 26.3 Å². The molecule has 0 N–H and O–H groups in total. The average Bonchev–Trinajstić information content (AvgIpc) is 2.00. The Hall–Kier alpha value is -1.02. The van der Waals surface area contributed by atoms with Crippen molar-refractivity contribution in [2.24, 2.45) is 0 Å². The zero-order valence-electron chi connectivity index (χ0n) is 8.50. The lowest BCUT2D eigenvalue weighted by Crippen LogP contribution is -2.11. The minimum Gasteiger partial charge on any atom is -0.459 e. The summed E-state index contributed by atoms with van der Waals surface area (Å²) in [5, 5.41) is 0.556. The van der Waals surface area contributed by atoms with Crippen LogP contribution in [0.15, 0.2) is 18.2 Å². The normalized spacial score (nSPS) is 10.4. The number of rotatable bonds is 2. The number of benzene rings is 1. The van der Waals surface area contributed by atoms with E-state index in [0.717, 1.165) is 5.56 Å². The Morgan fingerprint density at radius 3 is 2.50 bits per heavy atom. The van der Waals surface area contributed by atoms with Gasteiger partial charge in [0.2, 0.25) is 0 Å². The lowest BCUT2D eigenvalue weighted by Gasteiger charge is -2.08. The number of aryl methyl sites for hydroxylation is 1. The van der Waals surface area contributed by atoms with Crippen LogP contribution in [0.5, 0.6) is 0 Å². The van der Waals surface area contributed by atoms with Crippen molar-refractivity contribution < 1.29 is 9.53 Å². The Kier molecular flexibility index (Phi) is 3.53. The lowest BCUT2D eigenvalue weighted by molar-refractivity contribution is 0.0378. The first-order chi connectivity index (χ1) is 6.49. The number of carbonyl (C=O) groups excluding carboxylic acids is 1. The molecule has 0 atom stereocenters. The van der Waals surface area contributed by atoms with Crippen molar-refractivity contribution in [2.75, 3.05) is 0 Å². The molecule has 0 fully saturated rings. The van der Waals surface area contributed by atoms with Crippen LogP contribution >= 0.6 is 11.6 Å². The molecule has 0 unspecified atom stereocenters. The van der Waals surface area contributed by atoms with Crippen molar-refractivity contribution >= 4 is 17.6 Å². The fraction of sp³-hybridized carbons (Fsp3) is 0.364. The fourth-order valence-electron chi connectivity index (χ4n) is 1.14. The fourth-order valence-corrected chi connectivity index (χ4v) is 1.43. The van der Waals surface area contributed by atoms with E-state index in [1.807, 2.05) is 20.8 Å². The lowest BCUT2D eigenvalue weighted by atomic mass is 10.1. The third kappa shape index (κ3) is 3.04. The zero-order chi connectivity index (χ0) is 10.7. The molecule has 14 heavy (non-hydrogen) atoms. The maximum Gasteiger partial charge on any atom is 0.338 e. The van der Waals surface area contributed by atoms with E-state index in [2.05, 4.69) is 0 Å². The molecule has 76 valence electrons. The summed E-state index contributed by atoms with van der Waals surface area (Å²) in [6.45, 7) is 5.52. The van der Waals surface area contributed by atoms with Crippen molar-refractivity contribution in [3.8, 4) is 0 Å². The van der Waals surface area contributed by atoms with Gasteiger partial charge in [0, 0.05) is 5.02 Å². The van der Waals surface area contributed by atoms with E-state index < -0.39 is 0 Å². The molecule has 0 saturated carbocycles. The van der Waals surface area contributed by atoms with E-state index in [-0.39, 0.29) is 12.1 Å². The summed E-state index contributed by atoms with van der Waals surface area (Å²) in [6, 6.07) is 5.17. The van der Waals surface area contributed by atoms with E-state index in [1.54, 1.807) is 18.2 Å². The van der Waals surface area contributed by atoms with Crippen LogP contribution in [0, 0.1) is 6.92 Å². The van der Waals surface area contributed by atoms with Crippen molar-refractivity contribution in [3.05, 3.63) is 34.3 Å². The molecule has 0 aliphatic rings. The molecule has 0 aromatic heterocycles. The van der Waals surface area contributed by atoms with Crippen LogP contribution in [-0.4, -0.2) is 12.1 Å². The Labute approximate surface area is 88.8 Å². The summed E-state index contributed by atoms with van der Waals surface area (Å²) in [5.74, 6) is -0.328. The highest BCUT2D eigenvalue weighted by Gasteiger charge is 2.09. The second-order valence-corrected chi connectivity index (χ2v) is 3.91. The SMILES string of the molecule is Cc1cc(Cl)cc(C(=O)OC(C)C)c1. The molecule has 0 heterocycles. The molecule has 1 rings (SSSR count). The largest absolute Gasteiger partial charge is 0.459 e. The van der Waals surface area contributed by atoms with Crippen LogP contribution in [0.1, 0.15) is 29.8 Å². The summed E-state index contributed by atoms with van der Waals surface area (Å²) in [4.78, 5) is 11.5. The standard InChI is InChI=1S/C11H13ClO2/c1-7(2)14-11(13)9-4-8(3)5-10(12)6-9/h4-7H,1-3H3. The van der Waals surface area contributed by atoms with E-state index in [1.165, 1.54) is 0 Å². The molecule has 1 aromatic carbocycles. The minimum absolute atomic E-state index is 0.109. The number of halogens is 1. The van der Waals surface area contributed by atoms with Crippen LogP contribution in [-0.2, 0) is 4.74 Å². The zero-order valence-corrected chi connectivity index (χ0v) is 9.26. The predicted octanol–water partition coefficient (Wildman–Crippen LogP) is 3.21. The first-order valence-corrected chi connectivity index (χ1v) is 4.85. The molecule has 0 spiro atoms. The Balaban J connectivity index is 2.90. The summed E-state index contributed by atoms with van der Waals surface area (Å²) in [5.41, 5.74) is 1.46. The second kappa shape index (κ2) is 4.47. The van der Waals surface area contributed by atoms with Crippen molar-refractivity contribution in [3.63, 3.8) is 0 Å². The summed E-state index contributed by atoms with van der Waals surface area (Å²) < 4.78 is 5.05. The van der Waals surface area contributed by atoms with Crippen molar-refractivity contribution in [1.29, 1.82) is 0 Å². The maximum absolute atomic E-state index is 11.5. The maximum atomic E-state index is 11.5. The number of ether oxygens (including phenoxy) is 1. The third-order valence-electron chi connectivity index (χ3n) is 1.62. The first kappa shape index (κ1) is 11.1. The number of carbonyl (C=O) groups is 1. The molecule has 0 saturated heterocycles. The smallest absolute Gasteiger partial charge is 0.338 e. The number of hydrogen-bond acceptors (Lipinski definition) is 2. The molecule has 2 nitrogen and oxygen atoms in total. The summed E-state index contributed by atoms with van der Waals surface area (Å²) >= 11 is 5.82. The van der Waals surface area contributed by atoms with Crippen LogP contribution in [0.25, 0.3) is 0 Å². The van der Waals surface area contributed by atoms with E-state index in [4.69, 9.17) is 16.3 Å². The second-order valence-electron chi connectivity index (χ2n) is 3.47. The van der Waals surface area contributed by atoms with Gasteiger partial charge >= 0.3 is 5.97 Å². The van der Waals surface area contributed by atoms with Crippen molar-refractivity contribution in [2.45, 2.75) is 26.9 Å². The average molecular weight is 213 g/mol. The molecule has 0 aliphatic carbocycles. The van der Waals surface area contributed by atoms with Gasteiger partial charge in [0.05, 0.1) is 11.7 Å². The summed E-state index contributed by atoms with van der Waals surface area (Å²) in [6.07, 6.45) is -0.109. The van der Waals surface area contributed by atoms with Crippen LogP contribution in [0.3, 0.4) is 0 Å². The van der Waals surface area contributed by atoms with Gasteiger partial charge in [-0.3, -0.25) is 0 Å². The number of hydrogen-bond donors (Lipinski definition) is 0. The minimum atomic E-state index is -0.328. The van der Waals surface area contributed by atoms with Crippen LogP contribution in [0.4, 0.5) is 0 Å². The van der Waals surface area contributed by atoms with Gasteiger partial charge in [-0.2, -0.15) is 0 Å². The first-order valence-electron chi connectivity index (χ1n) is 4.47. The van der Waals surface area contributed by atoms with E-state index in [9.17, 15) is 4.79 Å². The van der Waals surface area contributed by atoms with Gasteiger partial charge in [-0.25, -0.2) is 4.79 Å². The van der Waals surface area contributed by atoms with Gasteiger partial charge in [0.25, 0.3) is 0 Å². The molecule has 0 radical (unpaired) electrons. The molecule has 1 aromatic rings. The van der Waals surface area contributed by atoms with Gasteiger partial charge in [0.15, 0.2) is 0 Å². The Morgan fingerprint density at radius 1 is 1.36 bits per heavy atom. The molecular weight excluding hydrogens is 200 g/mol. The van der Waals surface area contributed by atoms with Gasteiger partial charge < -0.3 is 4.74 Å². The van der Waals surface area contributed by atoms with Crippen LogP contribution < -0.4 is 0 Å². The molecule has 0 aliphatic heterocycles. The number of esters is 1. The van der Waals surface area contributed by atoms with Crippen molar-refractivity contribution in [1.82, 2.24) is 0 Å². The molecule has 0 amide bonds. The van der Waals surface area contributed by atoms with Gasteiger partial charge in [-0.1, -0.05) is 11.6 Å². The highest BCUT2D eigenvalue weighted by Crippen LogP contribution is 2.15. The molecular formula is C11H13ClO2. The molecule has 0 bridgehead atoms. The third-order valence-corrected chi connectivity index (χ3v) is 1.84.